The van der Waals surface area contributed by atoms with Crippen molar-refractivity contribution in [3.8, 4) is 17.2 Å². The highest BCUT2D eigenvalue weighted by molar-refractivity contribution is 6.30. The zero-order valence-electron chi connectivity index (χ0n) is 17.8. The maximum Gasteiger partial charge on any atom is 0.308 e. The van der Waals surface area contributed by atoms with Gasteiger partial charge in [0.15, 0.2) is 17.3 Å². The van der Waals surface area contributed by atoms with Gasteiger partial charge in [0.25, 0.3) is 0 Å². The molecule has 0 heterocycles. The predicted octanol–water partition coefficient (Wildman–Crippen LogP) is 5.68. The Bertz CT molecular complexity index is 1140. The van der Waals surface area contributed by atoms with Crippen LogP contribution in [0.4, 0.5) is 0 Å². The SMILES string of the molecule is COc1ccc(/C=C/C(=O)Cc2ccccc2COc2cccc(Cl)c2)cc1OC(C)=O. The van der Waals surface area contributed by atoms with Crippen LogP contribution in [-0.2, 0) is 22.6 Å². The van der Waals surface area contributed by atoms with E-state index in [0.717, 1.165) is 11.1 Å². The van der Waals surface area contributed by atoms with Crippen molar-refractivity contribution in [3.05, 3.63) is 94.5 Å². The molecule has 3 rings (SSSR count). The van der Waals surface area contributed by atoms with Gasteiger partial charge in [0, 0.05) is 18.4 Å². The zero-order chi connectivity index (χ0) is 22.9. The summed E-state index contributed by atoms with van der Waals surface area (Å²) in [5.41, 5.74) is 2.53. The van der Waals surface area contributed by atoms with Crippen LogP contribution in [-0.4, -0.2) is 18.9 Å². The maximum absolute atomic E-state index is 12.6. The second kappa shape index (κ2) is 11.2. The zero-order valence-corrected chi connectivity index (χ0v) is 18.6. The molecule has 0 spiro atoms. The Morgan fingerprint density at radius 3 is 2.44 bits per heavy atom. The van der Waals surface area contributed by atoms with Gasteiger partial charge in [-0.2, -0.15) is 0 Å². The van der Waals surface area contributed by atoms with Crippen LogP contribution in [0.25, 0.3) is 6.08 Å². The molecule has 0 N–H and O–H groups in total. The van der Waals surface area contributed by atoms with Crippen LogP contribution in [0, 0.1) is 0 Å². The van der Waals surface area contributed by atoms with E-state index < -0.39 is 5.97 Å². The molecule has 0 fully saturated rings. The number of allylic oxidation sites excluding steroid dienone is 1. The lowest BCUT2D eigenvalue weighted by Gasteiger charge is -2.10. The van der Waals surface area contributed by atoms with Gasteiger partial charge < -0.3 is 14.2 Å². The van der Waals surface area contributed by atoms with Gasteiger partial charge in [-0.3, -0.25) is 9.59 Å². The summed E-state index contributed by atoms with van der Waals surface area (Å²) in [6, 6.07) is 20.0. The van der Waals surface area contributed by atoms with Crippen LogP contribution in [0.1, 0.15) is 23.6 Å². The number of ketones is 1. The molecule has 0 atom stereocenters. The minimum atomic E-state index is -0.447. The van der Waals surface area contributed by atoms with Crippen molar-refractivity contribution in [2.75, 3.05) is 7.11 Å². The van der Waals surface area contributed by atoms with Gasteiger partial charge in [-0.05, 0) is 53.1 Å². The number of rotatable bonds is 9. The van der Waals surface area contributed by atoms with Crippen LogP contribution in [0.15, 0.2) is 72.8 Å². The quantitative estimate of drug-likeness (QED) is 0.238. The lowest BCUT2D eigenvalue weighted by Crippen LogP contribution is -2.05. The monoisotopic (exact) mass is 450 g/mol. The fourth-order valence-electron chi connectivity index (χ4n) is 3.06. The van der Waals surface area contributed by atoms with Crippen LogP contribution in [0.5, 0.6) is 17.2 Å². The van der Waals surface area contributed by atoms with Gasteiger partial charge >= 0.3 is 5.97 Å². The van der Waals surface area contributed by atoms with Crippen molar-refractivity contribution in [2.24, 2.45) is 0 Å². The third-order valence-corrected chi connectivity index (χ3v) is 4.81. The summed E-state index contributed by atoms with van der Waals surface area (Å²) in [7, 11) is 1.49. The fraction of sp³-hybridized carbons (Fsp3) is 0.154. The Morgan fingerprint density at radius 2 is 1.72 bits per heavy atom. The molecule has 0 radical (unpaired) electrons. The highest BCUT2D eigenvalue weighted by Crippen LogP contribution is 2.28. The van der Waals surface area contributed by atoms with Crippen molar-refractivity contribution in [1.82, 2.24) is 0 Å². The van der Waals surface area contributed by atoms with Gasteiger partial charge in [-0.1, -0.05) is 54.1 Å². The second-order valence-corrected chi connectivity index (χ2v) is 7.43. The summed E-state index contributed by atoms with van der Waals surface area (Å²) in [6.07, 6.45) is 3.42. The fourth-order valence-corrected chi connectivity index (χ4v) is 3.24. The van der Waals surface area contributed by atoms with Gasteiger partial charge in [-0.15, -0.1) is 0 Å². The van der Waals surface area contributed by atoms with E-state index >= 15 is 0 Å². The second-order valence-electron chi connectivity index (χ2n) is 7.00. The molecule has 32 heavy (non-hydrogen) atoms. The minimum absolute atomic E-state index is 0.0648. The van der Waals surface area contributed by atoms with Crippen molar-refractivity contribution in [3.63, 3.8) is 0 Å². The molecule has 0 aliphatic rings. The molecule has 0 aliphatic heterocycles. The molecule has 0 saturated heterocycles. The smallest absolute Gasteiger partial charge is 0.308 e. The van der Waals surface area contributed by atoms with E-state index in [-0.39, 0.29) is 12.2 Å². The van der Waals surface area contributed by atoms with Crippen LogP contribution in [0.3, 0.4) is 0 Å². The molecule has 6 heteroatoms. The summed E-state index contributed by atoms with van der Waals surface area (Å²) in [5.74, 6) is 0.902. The Kier molecular flexibility index (Phi) is 8.06. The van der Waals surface area contributed by atoms with E-state index in [2.05, 4.69) is 0 Å². The van der Waals surface area contributed by atoms with Gasteiger partial charge in [-0.25, -0.2) is 0 Å². The first-order chi connectivity index (χ1) is 15.4. The Hall–Kier alpha value is -3.57. The Labute approximate surface area is 192 Å². The highest BCUT2D eigenvalue weighted by atomic mass is 35.5. The molecular formula is C26H23ClO5. The number of hydrogen-bond donors (Lipinski definition) is 0. The van der Waals surface area contributed by atoms with E-state index in [1.165, 1.54) is 20.1 Å². The third-order valence-electron chi connectivity index (χ3n) is 4.58. The first-order valence-corrected chi connectivity index (χ1v) is 10.3. The molecule has 0 saturated carbocycles. The number of methoxy groups -OCH3 is 1. The lowest BCUT2D eigenvalue weighted by molar-refractivity contribution is -0.132. The van der Waals surface area contributed by atoms with E-state index in [9.17, 15) is 9.59 Å². The lowest BCUT2D eigenvalue weighted by atomic mass is 10.0. The van der Waals surface area contributed by atoms with Crippen LogP contribution in [0.2, 0.25) is 5.02 Å². The van der Waals surface area contributed by atoms with Crippen molar-refractivity contribution < 1.29 is 23.8 Å². The van der Waals surface area contributed by atoms with Gasteiger partial charge in [0.1, 0.15) is 12.4 Å². The topological polar surface area (TPSA) is 61.8 Å². The first kappa shape index (κ1) is 23.1. The third kappa shape index (κ3) is 6.72. The van der Waals surface area contributed by atoms with Crippen molar-refractivity contribution in [1.29, 1.82) is 0 Å². The molecule has 0 aromatic heterocycles. The summed E-state index contributed by atoms with van der Waals surface area (Å²) in [4.78, 5) is 23.9. The predicted molar refractivity (Wildman–Crippen MR) is 124 cm³/mol. The summed E-state index contributed by atoms with van der Waals surface area (Å²) >= 11 is 6.00. The maximum atomic E-state index is 12.6. The van der Waals surface area contributed by atoms with E-state index in [1.54, 1.807) is 36.4 Å². The molecule has 0 amide bonds. The Morgan fingerprint density at radius 1 is 0.938 bits per heavy atom. The first-order valence-electron chi connectivity index (χ1n) is 9.97. The summed E-state index contributed by atoms with van der Waals surface area (Å²) in [6.45, 7) is 1.65. The number of esters is 1. The number of benzene rings is 3. The largest absolute Gasteiger partial charge is 0.493 e. The molecule has 3 aromatic carbocycles. The van der Waals surface area contributed by atoms with E-state index in [0.29, 0.717) is 34.4 Å². The number of hydrogen-bond acceptors (Lipinski definition) is 5. The average Bonchev–Trinajstić information content (AvgIpc) is 2.77. The molecule has 0 unspecified atom stereocenters. The normalized spacial score (nSPS) is 10.7. The molecule has 3 aromatic rings. The minimum Gasteiger partial charge on any atom is -0.493 e. The molecular weight excluding hydrogens is 428 g/mol. The molecule has 164 valence electrons. The van der Waals surface area contributed by atoms with E-state index in [4.69, 9.17) is 25.8 Å². The summed E-state index contributed by atoms with van der Waals surface area (Å²) in [5, 5.41) is 0.603. The average molecular weight is 451 g/mol. The molecule has 5 nitrogen and oxygen atoms in total. The van der Waals surface area contributed by atoms with Gasteiger partial charge in [0.2, 0.25) is 0 Å². The molecule has 0 aliphatic carbocycles. The standard InChI is InChI=1S/C26H23ClO5/c1-18(28)32-26-14-19(11-13-25(26)30-2)10-12-23(29)15-20-6-3-4-7-21(20)17-31-24-9-5-8-22(27)16-24/h3-14,16H,15,17H2,1-2H3/b12-10+. The highest BCUT2D eigenvalue weighted by Gasteiger charge is 2.09. The number of ether oxygens (including phenoxy) is 3. The van der Waals surface area contributed by atoms with Gasteiger partial charge in [0.05, 0.1) is 7.11 Å². The van der Waals surface area contributed by atoms with Crippen LogP contribution < -0.4 is 14.2 Å². The number of carbonyl (C=O) groups excluding carboxylic acids is 2. The summed E-state index contributed by atoms with van der Waals surface area (Å²) < 4.78 is 16.2. The Balaban J connectivity index is 1.67. The number of carbonyl (C=O) groups is 2. The van der Waals surface area contributed by atoms with E-state index in [1.807, 2.05) is 36.4 Å². The van der Waals surface area contributed by atoms with Crippen LogP contribution >= 0.6 is 11.6 Å². The number of halogens is 1. The molecule has 0 bridgehead atoms. The van der Waals surface area contributed by atoms with Crippen molar-refractivity contribution >= 4 is 29.4 Å². The van der Waals surface area contributed by atoms with Crippen molar-refractivity contribution in [2.45, 2.75) is 20.0 Å².